The normalized spacial score (nSPS) is 14.3. The molecule has 3 heteroatoms. The monoisotopic (exact) mass is 211 g/mol. The molecule has 80 valence electrons. The third-order valence-corrected chi connectivity index (χ3v) is 2.42. The summed E-state index contributed by atoms with van der Waals surface area (Å²) in [6, 6.07) is 8.19. The maximum Gasteiger partial charge on any atom is 0.295 e. The minimum absolute atomic E-state index is 0.654. The van der Waals surface area contributed by atoms with Gasteiger partial charge in [-0.15, -0.1) is 0 Å². The van der Waals surface area contributed by atoms with E-state index in [4.69, 9.17) is 5.53 Å². The third-order valence-electron chi connectivity index (χ3n) is 2.42. The van der Waals surface area contributed by atoms with Crippen LogP contribution in [0.1, 0.15) is 12.0 Å². The van der Waals surface area contributed by atoms with Crippen molar-refractivity contribution in [2.24, 2.45) is 0 Å². The number of nitrogens with zero attached hydrogens (tertiary/aromatic N) is 2. The Morgan fingerprint density at radius 1 is 1.31 bits per heavy atom. The van der Waals surface area contributed by atoms with E-state index in [0.29, 0.717) is 12.1 Å². The number of nitrogens with one attached hydrogen (secondary N) is 1. The Morgan fingerprint density at radius 3 is 2.81 bits per heavy atom. The molecule has 1 aromatic rings. The Morgan fingerprint density at radius 2 is 2.19 bits per heavy atom. The van der Waals surface area contributed by atoms with Crippen LogP contribution in [0.15, 0.2) is 48.2 Å². The smallest absolute Gasteiger partial charge is 0.295 e. The molecule has 1 aliphatic rings. The average Bonchev–Trinajstić information content (AvgIpc) is 2.30. The minimum Gasteiger partial charge on any atom is -0.361 e. The molecule has 3 nitrogen and oxygen atoms in total. The number of allylic oxidation sites excluding steroid dienone is 3. The Bertz CT molecular complexity index is 506. The number of aryl methyl sites for hydroxylation is 1. The Hall–Kier alpha value is -2.12. The summed E-state index contributed by atoms with van der Waals surface area (Å²) in [5.74, 6) is 0. The molecule has 0 amide bonds. The number of anilines is 1. The molecule has 1 aromatic carbocycles. The van der Waals surface area contributed by atoms with Gasteiger partial charge in [0, 0.05) is 17.5 Å². The van der Waals surface area contributed by atoms with Gasteiger partial charge in [-0.25, -0.2) is 0 Å². The van der Waals surface area contributed by atoms with Crippen molar-refractivity contribution >= 4 is 11.4 Å². The first-order valence-corrected chi connectivity index (χ1v) is 5.21. The summed E-state index contributed by atoms with van der Waals surface area (Å²) in [6.07, 6.45) is 6.36. The molecule has 1 aliphatic carbocycles. The van der Waals surface area contributed by atoms with Gasteiger partial charge in [0.2, 0.25) is 0 Å². The molecule has 0 saturated carbocycles. The number of benzene rings is 1. The fourth-order valence-corrected chi connectivity index (χ4v) is 1.59. The van der Waals surface area contributed by atoms with Gasteiger partial charge in [0.05, 0.1) is 6.42 Å². The zero-order valence-electron chi connectivity index (χ0n) is 9.14. The lowest BCUT2D eigenvalue weighted by atomic mass is 10.1. The molecule has 1 N–H and O–H groups in total. The molecule has 0 aliphatic heterocycles. The molecule has 16 heavy (non-hydrogen) atoms. The van der Waals surface area contributed by atoms with E-state index in [9.17, 15) is 0 Å². The van der Waals surface area contributed by atoms with Crippen LogP contribution in [-0.2, 0) is 0 Å². The molecule has 0 fully saturated rings. The number of hydrogen-bond donors (Lipinski definition) is 1. The maximum absolute atomic E-state index is 8.59. The van der Waals surface area contributed by atoms with Gasteiger partial charge in [-0.05, 0) is 36.8 Å². The van der Waals surface area contributed by atoms with Gasteiger partial charge < -0.3 is 10.8 Å². The standard InChI is InChI=1S/C13H13N3/c1-10-3-2-4-13(9-10)15-11-5-7-12(16-14)8-6-11/h2-7,9,15H,8H2,1H3. The summed E-state index contributed by atoms with van der Waals surface area (Å²) in [6.45, 7) is 2.06. The molecule has 2 rings (SSSR count). The van der Waals surface area contributed by atoms with Crippen LogP contribution in [0, 0.1) is 6.92 Å². The van der Waals surface area contributed by atoms with Crippen molar-refractivity contribution < 1.29 is 4.79 Å². The Labute approximate surface area is 94.7 Å². The molecular formula is C13H13N3. The van der Waals surface area contributed by atoms with E-state index in [1.807, 2.05) is 24.3 Å². The van der Waals surface area contributed by atoms with Gasteiger partial charge in [0.15, 0.2) is 0 Å². The fraction of sp³-hybridized carbons (Fsp3) is 0.154. The highest BCUT2D eigenvalue weighted by Crippen LogP contribution is 2.15. The lowest BCUT2D eigenvalue weighted by Gasteiger charge is -2.09. The zero-order valence-corrected chi connectivity index (χ0v) is 9.14. The first-order valence-electron chi connectivity index (χ1n) is 5.21. The van der Waals surface area contributed by atoms with Crippen molar-refractivity contribution in [1.82, 2.24) is 0 Å². The van der Waals surface area contributed by atoms with E-state index in [2.05, 4.69) is 29.2 Å². The molecule has 0 bridgehead atoms. The second-order valence-corrected chi connectivity index (χ2v) is 3.78. The largest absolute Gasteiger partial charge is 0.361 e. The van der Waals surface area contributed by atoms with Crippen LogP contribution in [0.5, 0.6) is 0 Å². The van der Waals surface area contributed by atoms with E-state index < -0.39 is 0 Å². The Kier molecular flexibility index (Phi) is 2.99. The van der Waals surface area contributed by atoms with E-state index in [1.54, 1.807) is 6.08 Å². The van der Waals surface area contributed by atoms with Gasteiger partial charge in [-0.3, -0.25) is 0 Å². The summed E-state index contributed by atoms with van der Waals surface area (Å²) in [5, 5.41) is 3.30. The number of hydrogen-bond acceptors (Lipinski definition) is 1. The predicted molar refractivity (Wildman–Crippen MR) is 65.3 cm³/mol. The summed E-state index contributed by atoms with van der Waals surface area (Å²) in [7, 11) is 0. The summed E-state index contributed by atoms with van der Waals surface area (Å²) >= 11 is 0. The molecule has 0 heterocycles. The van der Waals surface area contributed by atoms with Crippen LogP contribution in [0.3, 0.4) is 0 Å². The van der Waals surface area contributed by atoms with Crippen LogP contribution in [0.4, 0.5) is 5.69 Å². The van der Waals surface area contributed by atoms with Gasteiger partial charge in [0.25, 0.3) is 5.71 Å². The van der Waals surface area contributed by atoms with Crippen molar-refractivity contribution in [1.29, 1.82) is 0 Å². The van der Waals surface area contributed by atoms with Crippen LogP contribution in [0.2, 0.25) is 0 Å². The van der Waals surface area contributed by atoms with Crippen LogP contribution in [-0.4, -0.2) is 10.5 Å². The van der Waals surface area contributed by atoms with E-state index in [-0.39, 0.29) is 0 Å². The van der Waals surface area contributed by atoms with Crippen LogP contribution in [0.25, 0.3) is 5.53 Å². The van der Waals surface area contributed by atoms with Crippen LogP contribution >= 0.6 is 0 Å². The van der Waals surface area contributed by atoms with Crippen molar-refractivity contribution in [3.8, 4) is 0 Å². The first kappa shape index (κ1) is 10.4. The molecule has 0 atom stereocenters. The molecule has 0 spiro atoms. The quantitative estimate of drug-likeness (QED) is 0.593. The summed E-state index contributed by atoms with van der Waals surface area (Å²) in [4.78, 5) is 3.16. The lowest BCUT2D eigenvalue weighted by Crippen LogP contribution is -2.04. The summed E-state index contributed by atoms with van der Waals surface area (Å²) in [5.41, 5.74) is 12.6. The van der Waals surface area contributed by atoms with Crippen molar-refractivity contribution in [3.05, 3.63) is 59.3 Å². The highest BCUT2D eigenvalue weighted by molar-refractivity contribution is 5.93. The molecule has 0 unspecified atom stereocenters. The van der Waals surface area contributed by atoms with Gasteiger partial charge in [0.1, 0.15) is 0 Å². The first-order chi connectivity index (χ1) is 7.78. The maximum atomic E-state index is 8.59. The average molecular weight is 211 g/mol. The number of rotatable bonds is 2. The second-order valence-electron chi connectivity index (χ2n) is 3.78. The van der Waals surface area contributed by atoms with Crippen molar-refractivity contribution in [2.75, 3.05) is 5.32 Å². The molecule has 0 saturated heterocycles. The predicted octanol–water partition coefficient (Wildman–Crippen LogP) is 2.92. The van der Waals surface area contributed by atoms with E-state index in [0.717, 1.165) is 11.4 Å². The Balaban J connectivity index is 2.10. The zero-order chi connectivity index (χ0) is 11.4. The molecule has 0 radical (unpaired) electrons. The topological polar surface area (TPSA) is 48.4 Å². The third kappa shape index (κ3) is 2.47. The van der Waals surface area contributed by atoms with Gasteiger partial charge in [-0.1, -0.05) is 12.1 Å². The highest BCUT2D eigenvalue weighted by Gasteiger charge is 2.07. The SMILES string of the molecule is Cc1cccc(NC2=CCC(=[N+]=[N-])C=C2)c1. The van der Waals surface area contributed by atoms with Gasteiger partial charge in [-0.2, -0.15) is 4.79 Å². The fourth-order valence-electron chi connectivity index (χ4n) is 1.59. The van der Waals surface area contributed by atoms with Gasteiger partial charge >= 0.3 is 0 Å². The van der Waals surface area contributed by atoms with Crippen molar-refractivity contribution in [2.45, 2.75) is 13.3 Å². The van der Waals surface area contributed by atoms with Crippen molar-refractivity contribution in [3.63, 3.8) is 0 Å². The molecule has 0 aromatic heterocycles. The van der Waals surface area contributed by atoms with E-state index in [1.165, 1.54) is 5.56 Å². The highest BCUT2D eigenvalue weighted by atomic mass is 14.9. The van der Waals surface area contributed by atoms with Crippen LogP contribution < -0.4 is 5.32 Å². The summed E-state index contributed by atoms with van der Waals surface area (Å²) < 4.78 is 0. The van der Waals surface area contributed by atoms with E-state index >= 15 is 0 Å². The molecular weight excluding hydrogens is 198 g/mol. The second kappa shape index (κ2) is 4.60. The minimum atomic E-state index is 0.654. The lowest BCUT2D eigenvalue weighted by molar-refractivity contribution is -0.00540.